The SMILES string of the molecule is CC(C)(C)COC(=O)Oc1ccccc1C(=O)c1ccccc1C=O. The van der Waals surface area contributed by atoms with Gasteiger partial charge in [0, 0.05) is 11.1 Å². The average Bonchev–Trinajstić information content (AvgIpc) is 2.59. The van der Waals surface area contributed by atoms with Gasteiger partial charge in [0.15, 0.2) is 12.1 Å². The smallest absolute Gasteiger partial charge is 0.433 e. The molecule has 5 heteroatoms. The van der Waals surface area contributed by atoms with Gasteiger partial charge in [0.2, 0.25) is 0 Å². The van der Waals surface area contributed by atoms with Crippen molar-refractivity contribution in [2.75, 3.05) is 6.61 Å². The van der Waals surface area contributed by atoms with Gasteiger partial charge in [-0.1, -0.05) is 57.2 Å². The van der Waals surface area contributed by atoms with E-state index >= 15 is 0 Å². The van der Waals surface area contributed by atoms with Crippen LogP contribution in [-0.4, -0.2) is 24.8 Å². The zero-order valence-electron chi connectivity index (χ0n) is 14.4. The maximum Gasteiger partial charge on any atom is 0.513 e. The molecule has 2 aromatic carbocycles. The highest BCUT2D eigenvalue weighted by Crippen LogP contribution is 2.23. The van der Waals surface area contributed by atoms with Crippen molar-refractivity contribution >= 4 is 18.2 Å². The fraction of sp³-hybridized carbons (Fsp3) is 0.250. The van der Waals surface area contributed by atoms with Gasteiger partial charge in [-0.2, -0.15) is 0 Å². The lowest BCUT2D eigenvalue weighted by molar-refractivity contribution is 0.0681. The molecule has 0 unspecified atom stereocenters. The number of hydrogen-bond acceptors (Lipinski definition) is 5. The highest BCUT2D eigenvalue weighted by Gasteiger charge is 2.20. The number of hydrogen-bond donors (Lipinski definition) is 0. The Balaban J connectivity index is 2.24. The summed E-state index contributed by atoms with van der Waals surface area (Å²) in [6, 6.07) is 12.8. The summed E-state index contributed by atoms with van der Waals surface area (Å²) in [7, 11) is 0. The van der Waals surface area contributed by atoms with Crippen LogP contribution in [0, 0.1) is 5.41 Å². The number of carbonyl (C=O) groups excluding carboxylic acids is 3. The molecule has 2 aromatic rings. The topological polar surface area (TPSA) is 69.7 Å². The van der Waals surface area contributed by atoms with Crippen LogP contribution >= 0.6 is 0 Å². The number of carbonyl (C=O) groups is 3. The maximum absolute atomic E-state index is 12.8. The highest BCUT2D eigenvalue weighted by atomic mass is 16.7. The number of ketones is 1. The van der Waals surface area contributed by atoms with E-state index in [0.29, 0.717) is 6.29 Å². The molecular formula is C20H20O5. The van der Waals surface area contributed by atoms with Crippen LogP contribution in [0.25, 0.3) is 0 Å². The normalized spacial score (nSPS) is 10.8. The van der Waals surface area contributed by atoms with Crippen molar-refractivity contribution in [3.63, 3.8) is 0 Å². The number of benzene rings is 2. The molecule has 0 saturated heterocycles. The molecule has 0 radical (unpaired) electrons. The lowest BCUT2D eigenvalue weighted by Crippen LogP contribution is -2.21. The van der Waals surface area contributed by atoms with Crippen LogP contribution in [-0.2, 0) is 4.74 Å². The first kappa shape index (κ1) is 18.4. The first-order valence-corrected chi connectivity index (χ1v) is 7.84. The zero-order valence-corrected chi connectivity index (χ0v) is 14.4. The molecule has 0 saturated carbocycles. The van der Waals surface area contributed by atoms with Crippen molar-refractivity contribution in [2.24, 2.45) is 5.41 Å². The second-order valence-corrected chi connectivity index (χ2v) is 6.73. The van der Waals surface area contributed by atoms with Gasteiger partial charge in [0.05, 0.1) is 12.2 Å². The van der Waals surface area contributed by atoms with E-state index in [-0.39, 0.29) is 34.5 Å². The molecule has 0 aliphatic rings. The van der Waals surface area contributed by atoms with Crippen LogP contribution in [0.3, 0.4) is 0 Å². The lowest BCUT2D eigenvalue weighted by Gasteiger charge is -2.17. The third-order valence-corrected chi connectivity index (χ3v) is 3.28. The van der Waals surface area contributed by atoms with Crippen molar-refractivity contribution in [3.05, 3.63) is 65.2 Å². The standard InChI is InChI=1S/C20H20O5/c1-20(2,3)13-24-19(23)25-17-11-7-6-10-16(17)18(22)15-9-5-4-8-14(15)12-21/h4-12H,13H2,1-3H3. The molecular weight excluding hydrogens is 320 g/mol. The summed E-state index contributed by atoms with van der Waals surface area (Å²) in [6.45, 7) is 5.96. The molecule has 25 heavy (non-hydrogen) atoms. The number of aldehydes is 1. The van der Waals surface area contributed by atoms with Gasteiger partial charge in [0.25, 0.3) is 0 Å². The van der Waals surface area contributed by atoms with E-state index in [1.165, 1.54) is 12.1 Å². The van der Waals surface area contributed by atoms with Crippen LogP contribution in [0.2, 0.25) is 0 Å². The third kappa shape index (κ3) is 5.01. The number of rotatable bonds is 5. The van der Waals surface area contributed by atoms with Gasteiger partial charge in [-0.05, 0) is 17.5 Å². The van der Waals surface area contributed by atoms with E-state index in [1.807, 2.05) is 20.8 Å². The average molecular weight is 340 g/mol. The van der Waals surface area contributed by atoms with Gasteiger partial charge < -0.3 is 9.47 Å². The van der Waals surface area contributed by atoms with Crippen LogP contribution in [0.15, 0.2) is 48.5 Å². The van der Waals surface area contributed by atoms with Gasteiger partial charge >= 0.3 is 6.16 Å². The van der Waals surface area contributed by atoms with Crippen LogP contribution in [0.5, 0.6) is 5.75 Å². The Bertz CT molecular complexity index is 787. The predicted molar refractivity (Wildman–Crippen MR) is 93.1 cm³/mol. The summed E-state index contributed by atoms with van der Waals surface area (Å²) in [5, 5.41) is 0. The number of para-hydroxylation sites is 1. The van der Waals surface area contributed by atoms with Crippen LogP contribution < -0.4 is 4.74 Å². The summed E-state index contributed by atoms with van der Waals surface area (Å²) in [5.41, 5.74) is 0.510. The molecule has 0 fully saturated rings. The fourth-order valence-electron chi connectivity index (χ4n) is 2.09. The zero-order chi connectivity index (χ0) is 18.4. The van der Waals surface area contributed by atoms with E-state index in [9.17, 15) is 14.4 Å². The molecule has 0 spiro atoms. The summed E-state index contributed by atoms with van der Waals surface area (Å²) >= 11 is 0. The van der Waals surface area contributed by atoms with Crippen molar-refractivity contribution in [2.45, 2.75) is 20.8 Å². The Labute approximate surface area is 146 Å². The van der Waals surface area contributed by atoms with E-state index in [4.69, 9.17) is 9.47 Å². The molecule has 0 heterocycles. The minimum atomic E-state index is -0.876. The van der Waals surface area contributed by atoms with Crippen molar-refractivity contribution < 1.29 is 23.9 Å². The van der Waals surface area contributed by atoms with Gasteiger partial charge in [0.1, 0.15) is 5.75 Å². The monoisotopic (exact) mass is 340 g/mol. The molecule has 0 bridgehead atoms. The molecule has 0 amide bonds. The van der Waals surface area contributed by atoms with E-state index < -0.39 is 11.9 Å². The van der Waals surface area contributed by atoms with Gasteiger partial charge in [-0.15, -0.1) is 0 Å². The second-order valence-electron chi connectivity index (χ2n) is 6.73. The summed E-state index contributed by atoms with van der Waals surface area (Å²) in [5.74, 6) is -0.311. The summed E-state index contributed by atoms with van der Waals surface area (Å²) in [6.07, 6.45) is -0.257. The molecule has 0 atom stereocenters. The van der Waals surface area contributed by atoms with Gasteiger partial charge in [-0.3, -0.25) is 9.59 Å². The Morgan fingerprint density at radius 3 is 2.20 bits per heavy atom. The quantitative estimate of drug-likeness (QED) is 0.351. The molecule has 0 aromatic heterocycles. The predicted octanol–water partition coefficient (Wildman–Crippen LogP) is 4.29. The maximum atomic E-state index is 12.8. The first-order chi connectivity index (χ1) is 11.8. The Morgan fingerprint density at radius 1 is 0.960 bits per heavy atom. The fourth-order valence-corrected chi connectivity index (χ4v) is 2.09. The largest absolute Gasteiger partial charge is 0.513 e. The van der Waals surface area contributed by atoms with Crippen LogP contribution in [0.1, 0.15) is 47.1 Å². The summed E-state index contributed by atoms with van der Waals surface area (Å²) in [4.78, 5) is 35.8. The first-order valence-electron chi connectivity index (χ1n) is 7.84. The molecule has 130 valence electrons. The van der Waals surface area contributed by atoms with Crippen molar-refractivity contribution in [3.8, 4) is 5.75 Å². The molecule has 0 N–H and O–H groups in total. The van der Waals surface area contributed by atoms with Crippen LogP contribution in [0.4, 0.5) is 4.79 Å². The van der Waals surface area contributed by atoms with E-state index in [0.717, 1.165) is 0 Å². The van der Waals surface area contributed by atoms with Gasteiger partial charge in [-0.25, -0.2) is 4.79 Å². The van der Waals surface area contributed by atoms with E-state index in [2.05, 4.69) is 0 Å². The minimum Gasteiger partial charge on any atom is -0.433 e. The molecule has 0 aliphatic carbocycles. The third-order valence-electron chi connectivity index (χ3n) is 3.28. The Kier molecular flexibility index (Phi) is 5.70. The Hall–Kier alpha value is -2.95. The lowest BCUT2D eigenvalue weighted by atomic mass is 9.98. The van der Waals surface area contributed by atoms with Crippen molar-refractivity contribution in [1.29, 1.82) is 0 Å². The molecule has 0 aliphatic heterocycles. The van der Waals surface area contributed by atoms with E-state index in [1.54, 1.807) is 36.4 Å². The molecule has 2 rings (SSSR count). The summed E-state index contributed by atoms with van der Waals surface area (Å²) < 4.78 is 10.3. The molecule has 5 nitrogen and oxygen atoms in total. The Morgan fingerprint density at radius 2 is 1.56 bits per heavy atom. The highest BCUT2D eigenvalue weighted by molar-refractivity contribution is 6.14. The van der Waals surface area contributed by atoms with Crippen molar-refractivity contribution in [1.82, 2.24) is 0 Å². The second kappa shape index (κ2) is 7.75. The number of ether oxygens (including phenoxy) is 2. The minimum absolute atomic E-state index is 0.0899.